The van der Waals surface area contributed by atoms with E-state index < -0.39 is 0 Å². The van der Waals surface area contributed by atoms with Gasteiger partial charge in [0.05, 0.1) is 16.3 Å². The summed E-state index contributed by atoms with van der Waals surface area (Å²) in [5.41, 5.74) is 7.55. The number of aliphatic hydroxyl groups excluding tert-OH is 1. The van der Waals surface area contributed by atoms with E-state index in [1.54, 1.807) is 11.3 Å². The summed E-state index contributed by atoms with van der Waals surface area (Å²) in [6.07, 6.45) is 1.52. The Kier molecular flexibility index (Phi) is 2.64. The summed E-state index contributed by atoms with van der Waals surface area (Å²) in [6, 6.07) is 5.81. The fourth-order valence-corrected chi connectivity index (χ4v) is 3.19. The average Bonchev–Trinajstić information content (AvgIpc) is 2.72. The quantitative estimate of drug-likeness (QED) is 0.757. The fourth-order valence-electron chi connectivity index (χ4n) is 2.12. The Balaban J connectivity index is 1.90. The first-order valence-corrected chi connectivity index (χ1v) is 6.63. The maximum absolute atomic E-state index is 9.49. The van der Waals surface area contributed by atoms with Gasteiger partial charge in [-0.25, -0.2) is 4.98 Å². The SMILES string of the molecule is Nc1ccc2nc(N3CCC(O)CC3)sc2c1. The largest absolute Gasteiger partial charge is 0.399 e. The molecule has 2 heterocycles. The third-order valence-electron chi connectivity index (χ3n) is 3.14. The Bertz CT molecular complexity index is 532. The highest BCUT2D eigenvalue weighted by atomic mass is 32.1. The number of thiazole rings is 1. The normalized spacial score (nSPS) is 17.8. The molecule has 1 aliphatic rings. The maximum Gasteiger partial charge on any atom is 0.186 e. The Hall–Kier alpha value is -1.33. The van der Waals surface area contributed by atoms with Crippen LogP contribution in [0.1, 0.15) is 12.8 Å². The summed E-state index contributed by atoms with van der Waals surface area (Å²) in [6.45, 7) is 1.77. The summed E-state index contributed by atoms with van der Waals surface area (Å²) >= 11 is 1.67. The van der Waals surface area contributed by atoms with Crippen molar-refractivity contribution in [1.82, 2.24) is 4.98 Å². The van der Waals surface area contributed by atoms with Gasteiger partial charge >= 0.3 is 0 Å². The number of benzene rings is 1. The standard InChI is InChI=1S/C12H15N3OS/c13-8-1-2-10-11(7-8)17-12(14-10)15-5-3-9(16)4-6-15/h1-2,7,9,16H,3-6,13H2. The van der Waals surface area contributed by atoms with Crippen molar-refractivity contribution >= 4 is 32.4 Å². The van der Waals surface area contributed by atoms with Crippen molar-refractivity contribution in [2.45, 2.75) is 18.9 Å². The number of hydrogen-bond donors (Lipinski definition) is 2. The molecule has 3 N–H and O–H groups in total. The van der Waals surface area contributed by atoms with Gasteiger partial charge in [0.2, 0.25) is 0 Å². The van der Waals surface area contributed by atoms with Crippen molar-refractivity contribution in [2.24, 2.45) is 0 Å². The molecule has 3 rings (SSSR count). The van der Waals surface area contributed by atoms with Gasteiger partial charge in [-0.2, -0.15) is 0 Å². The van der Waals surface area contributed by atoms with E-state index in [1.165, 1.54) is 0 Å². The second kappa shape index (κ2) is 4.16. The van der Waals surface area contributed by atoms with Crippen LogP contribution < -0.4 is 10.6 Å². The fraction of sp³-hybridized carbons (Fsp3) is 0.417. The highest BCUT2D eigenvalue weighted by Crippen LogP contribution is 2.31. The zero-order valence-corrected chi connectivity index (χ0v) is 10.3. The van der Waals surface area contributed by atoms with Gasteiger partial charge in [-0.1, -0.05) is 11.3 Å². The molecule has 0 unspecified atom stereocenters. The van der Waals surface area contributed by atoms with E-state index >= 15 is 0 Å². The molecule has 0 bridgehead atoms. The van der Waals surface area contributed by atoms with E-state index in [9.17, 15) is 5.11 Å². The lowest BCUT2D eigenvalue weighted by Gasteiger charge is -2.28. The lowest BCUT2D eigenvalue weighted by atomic mass is 10.1. The molecule has 0 aliphatic carbocycles. The Morgan fingerprint density at radius 2 is 2.12 bits per heavy atom. The van der Waals surface area contributed by atoms with Crippen molar-refractivity contribution in [1.29, 1.82) is 0 Å². The predicted molar refractivity (Wildman–Crippen MR) is 71.5 cm³/mol. The molecule has 4 nitrogen and oxygen atoms in total. The Morgan fingerprint density at radius 1 is 1.35 bits per heavy atom. The number of aromatic nitrogens is 1. The molecule has 0 amide bonds. The van der Waals surface area contributed by atoms with E-state index in [1.807, 2.05) is 18.2 Å². The van der Waals surface area contributed by atoms with E-state index in [-0.39, 0.29) is 6.10 Å². The minimum atomic E-state index is -0.142. The van der Waals surface area contributed by atoms with E-state index in [4.69, 9.17) is 5.73 Å². The molecule has 0 spiro atoms. The lowest BCUT2D eigenvalue weighted by Crippen LogP contribution is -2.35. The smallest absolute Gasteiger partial charge is 0.186 e. The lowest BCUT2D eigenvalue weighted by molar-refractivity contribution is 0.145. The zero-order valence-electron chi connectivity index (χ0n) is 9.47. The highest BCUT2D eigenvalue weighted by Gasteiger charge is 2.19. The van der Waals surface area contributed by atoms with Gasteiger partial charge in [-0.15, -0.1) is 0 Å². The molecule has 17 heavy (non-hydrogen) atoms. The van der Waals surface area contributed by atoms with Crippen LogP contribution in [0.3, 0.4) is 0 Å². The van der Waals surface area contributed by atoms with Gasteiger partial charge in [-0.3, -0.25) is 0 Å². The van der Waals surface area contributed by atoms with E-state index in [0.717, 1.165) is 47.0 Å². The Labute approximate surface area is 104 Å². The van der Waals surface area contributed by atoms with Gasteiger partial charge in [0, 0.05) is 18.8 Å². The number of nitrogen functional groups attached to an aromatic ring is 1. The molecule has 2 aromatic rings. The van der Waals surface area contributed by atoms with Crippen molar-refractivity contribution in [3.05, 3.63) is 18.2 Å². The first-order chi connectivity index (χ1) is 8.22. The van der Waals surface area contributed by atoms with Crippen LogP contribution in [-0.2, 0) is 0 Å². The summed E-state index contributed by atoms with van der Waals surface area (Å²) in [7, 11) is 0. The van der Waals surface area contributed by atoms with Gasteiger partial charge < -0.3 is 15.7 Å². The molecule has 1 aliphatic heterocycles. The van der Waals surface area contributed by atoms with E-state index in [0.29, 0.717) is 0 Å². The minimum Gasteiger partial charge on any atom is -0.399 e. The van der Waals surface area contributed by atoms with Crippen LogP contribution in [0, 0.1) is 0 Å². The number of nitrogens with two attached hydrogens (primary N) is 1. The molecule has 1 aromatic heterocycles. The summed E-state index contributed by atoms with van der Waals surface area (Å²) < 4.78 is 1.13. The van der Waals surface area contributed by atoms with Gasteiger partial charge in [0.25, 0.3) is 0 Å². The van der Waals surface area contributed by atoms with Crippen LogP contribution in [0.25, 0.3) is 10.2 Å². The third-order valence-corrected chi connectivity index (χ3v) is 4.22. The van der Waals surface area contributed by atoms with Crippen LogP contribution in [0.2, 0.25) is 0 Å². The Morgan fingerprint density at radius 3 is 2.88 bits per heavy atom. The highest BCUT2D eigenvalue weighted by molar-refractivity contribution is 7.22. The minimum absolute atomic E-state index is 0.142. The van der Waals surface area contributed by atoms with Crippen LogP contribution in [0.4, 0.5) is 10.8 Å². The maximum atomic E-state index is 9.49. The van der Waals surface area contributed by atoms with Gasteiger partial charge in [-0.05, 0) is 31.0 Å². The number of aliphatic hydroxyl groups is 1. The van der Waals surface area contributed by atoms with Crippen LogP contribution in [0.5, 0.6) is 0 Å². The first-order valence-electron chi connectivity index (χ1n) is 5.81. The molecular formula is C12H15N3OS. The molecular weight excluding hydrogens is 234 g/mol. The zero-order chi connectivity index (χ0) is 11.8. The topological polar surface area (TPSA) is 62.4 Å². The summed E-state index contributed by atoms with van der Waals surface area (Å²) in [4.78, 5) is 6.85. The molecule has 0 saturated carbocycles. The monoisotopic (exact) mass is 249 g/mol. The second-order valence-corrected chi connectivity index (χ2v) is 5.45. The molecule has 1 saturated heterocycles. The number of piperidine rings is 1. The van der Waals surface area contributed by atoms with E-state index in [2.05, 4.69) is 9.88 Å². The van der Waals surface area contributed by atoms with Gasteiger partial charge in [0.1, 0.15) is 0 Å². The van der Waals surface area contributed by atoms with Crippen molar-refractivity contribution < 1.29 is 5.11 Å². The van der Waals surface area contributed by atoms with Crippen molar-refractivity contribution in [2.75, 3.05) is 23.7 Å². The molecule has 1 fully saturated rings. The van der Waals surface area contributed by atoms with Crippen LogP contribution in [-0.4, -0.2) is 29.3 Å². The molecule has 1 aromatic carbocycles. The van der Waals surface area contributed by atoms with Crippen LogP contribution >= 0.6 is 11.3 Å². The number of anilines is 2. The number of rotatable bonds is 1. The van der Waals surface area contributed by atoms with Gasteiger partial charge in [0.15, 0.2) is 5.13 Å². The summed E-state index contributed by atoms with van der Waals surface area (Å²) in [5.74, 6) is 0. The first kappa shape index (κ1) is 10.8. The number of hydrogen-bond acceptors (Lipinski definition) is 5. The summed E-state index contributed by atoms with van der Waals surface area (Å²) in [5, 5.41) is 10.5. The predicted octanol–water partition coefficient (Wildman–Crippen LogP) is 1.84. The van der Waals surface area contributed by atoms with Crippen LogP contribution in [0.15, 0.2) is 18.2 Å². The van der Waals surface area contributed by atoms with Crippen molar-refractivity contribution in [3.8, 4) is 0 Å². The third kappa shape index (κ3) is 2.08. The van der Waals surface area contributed by atoms with Crippen molar-refractivity contribution in [3.63, 3.8) is 0 Å². The molecule has 5 heteroatoms. The average molecular weight is 249 g/mol. The molecule has 0 radical (unpaired) electrons. The molecule has 90 valence electrons. The molecule has 0 atom stereocenters. The number of nitrogens with zero attached hydrogens (tertiary/aromatic N) is 2. The second-order valence-electron chi connectivity index (χ2n) is 4.44. The number of fused-ring (bicyclic) bond motifs is 1.